The Labute approximate surface area is 161 Å². The van der Waals surface area contributed by atoms with E-state index >= 15 is 0 Å². The van der Waals surface area contributed by atoms with E-state index in [0.29, 0.717) is 28.6 Å². The van der Waals surface area contributed by atoms with Gasteiger partial charge in [0, 0.05) is 17.7 Å². The summed E-state index contributed by atoms with van der Waals surface area (Å²) in [5.41, 5.74) is 0.954. The molecule has 140 valence electrons. The van der Waals surface area contributed by atoms with Gasteiger partial charge in [-0.3, -0.25) is 9.59 Å². The van der Waals surface area contributed by atoms with E-state index in [1.165, 1.54) is 0 Å². The van der Waals surface area contributed by atoms with Crippen LogP contribution in [0.25, 0.3) is 33.1 Å². The average molecular weight is 373 g/mol. The van der Waals surface area contributed by atoms with Crippen LogP contribution in [-0.2, 0) is 0 Å². The number of aromatic hydroxyl groups is 1. The molecule has 0 aliphatic carbocycles. The Morgan fingerprint density at radius 2 is 1.71 bits per heavy atom. The van der Waals surface area contributed by atoms with E-state index in [4.69, 9.17) is 4.42 Å². The van der Waals surface area contributed by atoms with Crippen LogP contribution in [-0.4, -0.2) is 17.6 Å². The third kappa shape index (κ3) is 3.11. The number of rotatable bonds is 4. The minimum absolute atomic E-state index is 0.0910. The molecule has 0 atom stereocenters. The zero-order valence-corrected chi connectivity index (χ0v) is 15.4. The van der Waals surface area contributed by atoms with Crippen LogP contribution in [0.4, 0.5) is 0 Å². The fourth-order valence-electron chi connectivity index (χ4n) is 3.18. The monoisotopic (exact) mass is 373 g/mol. The lowest BCUT2D eigenvalue weighted by atomic mass is 10.0. The minimum Gasteiger partial charge on any atom is -0.502 e. The van der Waals surface area contributed by atoms with Crippen molar-refractivity contribution in [2.45, 2.75) is 13.3 Å². The number of carbonyl (C=O) groups excluding carboxylic acids is 1. The van der Waals surface area contributed by atoms with Crippen LogP contribution >= 0.6 is 0 Å². The van der Waals surface area contributed by atoms with Crippen molar-refractivity contribution >= 4 is 27.6 Å². The highest BCUT2D eigenvalue weighted by atomic mass is 16.4. The van der Waals surface area contributed by atoms with Crippen molar-refractivity contribution < 1.29 is 14.3 Å². The summed E-state index contributed by atoms with van der Waals surface area (Å²) in [7, 11) is 0. The van der Waals surface area contributed by atoms with E-state index in [0.717, 1.165) is 17.2 Å². The second-order valence-corrected chi connectivity index (χ2v) is 6.64. The molecule has 0 saturated carbocycles. The maximum absolute atomic E-state index is 12.7. The zero-order chi connectivity index (χ0) is 19.7. The van der Waals surface area contributed by atoms with Gasteiger partial charge in [0.1, 0.15) is 5.58 Å². The largest absolute Gasteiger partial charge is 0.502 e. The van der Waals surface area contributed by atoms with E-state index in [1.54, 1.807) is 36.4 Å². The maximum atomic E-state index is 12.7. The van der Waals surface area contributed by atoms with E-state index < -0.39 is 11.2 Å². The fraction of sp³-hybridized carbons (Fsp3) is 0.130. The highest BCUT2D eigenvalue weighted by Crippen LogP contribution is 2.31. The Bertz CT molecular complexity index is 1240. The summed E-state index contributed by atoms with van der Waals surface area (Å²) in [4.78, 5) is 24.7. The second-order valence-electron chi connectivity index (χ2n) is 6.64. The first-order valence-corrected chi connectivity index (χ1v) is 9.15. The van der Waals surface area contributed by atoms with Gasteiger partial charge >= 0.3 is 0 Å². The van der Waals surface area contributed by atoms with Crippen LogP contribution in [0.5, 0.6) is 5.75 Å². The first kappa shape index (κ1) is 17.8. The SMILES string of the molecule is CCCNC(=O)c1ccc(-c2oc3cc4ccccc4cc3c(=O)c2O)cc1. The Balaban J connectivity index is 1.80. The first-order valence-electron chi connectivity index (χ1n) is 9.15. The van der Waals surface area contributed by atoms with Crippen LogP contribution in [0.1, 0.15) is 23.7 Å². The van der Waals surface area contributed by atoms with Gasteiger partial charge in [0.05, 0.1) is 5.39 Å². The van der Waals surface area contributed by atoms with E-state index in [1.807, 2.05) is 31.2 Å². The van der Waals surface area contributed by atoms with Gasteiger partial charge in [-0.2, -0.15) is 0 Å². The number of amides is 1. The number of nitrogens with one attached hydrogen (secondary N) is 1. The van der Waals surface area contributed by atoms with Gasteiger partial charge in [0.15, 0.2) is 5.76 Å². The van der Waals surface area contributed by atoms with Crippen LogP contribution in [0.2, 0.25) is 0 Å². The molecule has 1 aromatic heterocycles. The summed E-state index contributed by atoms with van der Waals surface area (Å²) in [6, 6.07) is 17.8. The highest BCUT2D eigenvalue weighted by Gasteiger charge is 2.16. The van der Waals surface area contributed by atoms with Gasteiger partial charge in [0.25, 0.3) is 5.91 Å². The lowest BCUT2D eigenvalue weighted by molar-refractivity contribution is 0.0953. The summed E-state index contributed by atoms with van der Waals surface area (Å²) in [6.07, 6.45) is 0.856. The molecule has 2 N–H and O–H groups in total. The zero-order valence-electron chi connectivity index (χ0n) is 15.4. The van der Waals surface area contributed by atoms with Gasteiger partial charge in [0.2, 0.25) is 11.2 Å². The van der Waals surface area contributed by atoms with Crippen LogP contribution in [0.15, 0.2) is 69.9 Å². The number of fused-ring (bicyclic) bond motifs is 2. The molecule has 28 heavy (non-hydrogen) atoms. The van der Waals surface area contributed by atoms with Gasteiger partial charge in [-0.25, -0.2) is 0 Å². The molecule has 1 heterocycles. The lowest BCUT2D eigenvalue weighted by Crippen LogP contribution is -2.23. The minimum atomic E-state index is -0.480. The lowest BCUT2D eigenvalue weighted by Gasteiger charge is -2.08. The molecule has 5 heteroatoms. The topological polar surface area (TPSA) is 79.5 Å². The third-order valence-corrected chi connectivity index (χ3v) is 4.68. The molecule has 0 spiro atoms. The van der Waals surface area contributed by atoms with E-state index in [-0.39, 0.29) is 11.7 Å². The van der Waals surface area contributed by atoms with E-state index in [2.05, 4.69) is 5.32 Å². The molecule has 0 saturated heterocycles. The molecule has 0 fully saturated rings. The molecule has 4 rings (SSSR count). The molecule has 3 aromatic carbocycles. The molecular weight excluding hydrogens is 354 g/mol. The predicted molar refractivity (Wildman–Crippen MR) is 110 cm³/mol. The Morgan fingerprint density at radius 1 is 1.04 bits per heavy atom. The molecule has 1 amide bonds. The van der Waals surface area contributed by atoms with Crippen molar-refractivity contribution in [2.24, 2.45) is 0 Å². The van der Waals surface area contributed by atoms with Gasteiger partial charge in [-0.05, 0) is 41.5 Å². The number of benzene rings is 3. The van der Waals surface area contributed by atoms with Gasteiger partial charge in [-0.15, -0.1) is 0 Å². The van der Waals surface area contributed by atoms with Crippen molar-refractivity contribution in [1.82, 2.24) is 5.32 Å². The molecule has 5 nitrogen and oxygen atoms in total. The first-order chi connectivity index (χ1) is 13.6. The molecule has 0 aliphatic heterocycles. The molecular formula is C23H19NO4. The summed E-state index contributed by atoms with van der Waals surface area (Å²) < 4.78 is 5.88. The summed E-state index contributed by atoms with van der Waals surface area (Å²) in [5, 5.41) is 15.4. The van der Waals surface area contributed by atoms with Crippen LogP contribution < -0.4 is 10.7 Å². The third-order valence-electron chi connectivity index (χ3n) is 4.68. The van der Waals surface area contributed by atoms with Crippen molar-refractivity contribution in [1.29, 1.82) is 0 Å². The Kier molecular flexibility index (Phi) is 4.57. The fourth-order valence-corrected chi connectivity index (χ4v) is 3.18. The quantitative estimate of drug-likeness (QED) is 0.518. The standard InChI is InChI=1S/C23H19NO4/c1-2-11-24-23(27)15-9-7-14(8-10-15)22-21(26)20(25)18-12-16-5-3-4-6-17(16)13-19(18)28-22/h3-10,12-13,26H,2,11H2,1H3,(H,24,27). The number of carbonyl (C=O) groups is 1. The van der Waals surface area contributed by atoms with Crippen molar-refractivity contribution in [3.05, 3.63) is 76.5 Å². The molecule has 0 bridgehead atoms. The maximum Gasteiger partial charge on any atom is 0.251 e. The highest BCUT2D eigenvalue weighted by molar-refractivity contribution is 5.97. The van der Waals surface area contributed by atoms with Crippen molar-refractivity contribution in [2.75, 3.05) is 6.54 Å². The van der Waals surface area contributed by atoms with Gasteiger partial charge in [-0.1, -0.05) is 43.3 Å². The van der Waals surface area contributed by atoms with Crippen molar-refractivity contribution in [3.63, 3.8) is 0 Å². The van der Waals surface area contributed by atoms with Crippen molar-refractivity contribution in [3.8, 4) is 17.1 Å². The summed E-state index contributed by atoms with van der Waals surface area (Å²) >= 11 is 0. The molecule has 0 aliphatic rings. The smallest absolute Gasteiger partial charge is 0.251 e. The number of hydrogen-bond acceptors (Lipinski definition) is 4. The average Bonchev–Trinajstić information content (AvgIpc) is 2.73. The molecule has 4 aromatic rings. The predicted octanol–water partition coefficient (Wildman–Crippen LogP) is 4.46. The Morgan fingerprint density at radius 3 is 2.39 bits per heavy atom. The normalized spacial score (nSPS) is 11.0. The Hall–Kier alpha value is -3.60. The summed E-state index contributed by atoms with van der Waals surface area (Å²) in [5.74, 6) is -0.511. The number of hydrogen-bond donors (Lipinski definition) is 2. The molecule has 0 unspecified atom stereocenters. The van der Waals surface area contributed by atoms with Gasteiger partial charge < -0.3 is 14.8 Å². The second kappa shape index (κ2) is 7.19. The molecule has 0 radical (unpaired) electrons. The summed E-state index contributed by atoms with van der Waals surface area (Å²) in [6.45, 7) is 2.59. The van der Waals surface area contributed by atoms with E-state index in [9.17, 15) is 14.7 Å². The van der Waals surface area contributed by atoms with Crippen LogP contribution in [0.3, 0.4) is 0 Å². The van der Waals surface area contributed by atoms with Crippen LogP contribution in [0, 0.1) is 0 Å².